The lowest BCUT2D eigenvalue weighted by atomic mass is 10.0. The number of carbonyl (C=O) groups is 1. The Balaban J connectivity index is 1.61. The van der Waals surface area contributed by atoms with E-state index in [0.717, 1.165) is 16.7 Å². The number of rotatable bonds is 6. The number of hydrogen-bond acceptors (Lipinski definition) is 3. The van der Waals surface area contributed by atoms with Crippen molar-refractivity contribution in [2.45, 2.75) is 13.5 Å². The van der Waals surface area contributed by atoms with Crippen molar-refractivity contribution in [2.75, 3.05) is 11.9 Å². The molecule has 1 aliphatic heterocycles. The van der Waals surface area contributed by atoms with E-state index in [1.54, 1.807) is 12.1 Å². The summed E-state index contributed by atoms with van der Waals surface area (Å²) in [5, 5.41) is 4.08. The molecular weight excluding hydrogens is 421 g/mol. The topological polar surface area (TPSA) is 47.6 Å². The molecule has 4 rings (SSSR count). The second kappa shape index (κ2) is 8.82. The maximum absolute atomic E-state index is 12.4. The quantitative estimate of drug-likeness (QED) is 0.448. The number of carbonyl (C=O) groups excluding carboxylic acids is 1. The van der Waals surface area contributed by atoms with Crippen molar-refractivity contribution in [1.29, 1.82) is 0 Å². The second-order valence-corrected chi connectivity index (χ2v) is 7.56. The number of benzene rings is 3. The molecular formula is C24H19Cl2NO3. The molecule has 0 saturated heterocycles. The molecule has 6 heteroatoms. The number of anilines is 1. The van der Waals surface area contributed by atoms with Crippen LogP contribution in [-0.2, 0) is 11.4 Å². The zero-order valence-electron chi connectivity index (χ0n) is 16.2. The van der Waals surface area contributed by atoms with Gasteiger partial charge in [0.25, 0.3) is 5.91 Å². The van der Waals surface area contributed by atoms with Gasteiger partial charge in [-0.2, -0.15) is 0 Å². The Kier molecular flexibility index (Phi) is 5.98. The van der Waals surface area contributed by atoms with Crippen LogP contribution in [0.15, 0.2) is 60.7 Å². The minimum atomic E-state index is -0.163. The first kappa shape index (κ1) is 20.3. The van der Waals surface area contributed by atoms with Crippen LogP contribution in [-0.4, -0.2) is 12.5 Å². The van der Waals surface area contributed by atoms with Crippen molar-refractivity contribution in [3.8, 4) is 11.5 Å². The molecule has 0 aliphatic carbocycles. The summed E-state index contributed by atoms with van der Waals surface area (Å²) in [6.45, 7) is 2.73. The Bertz CT molecular complexity index is 1140. The van der Waals surface area contributed by atoms with E-state index in [1.165, 1.54) is 0 Å². The second-order valence-electron chi connectivity index (χ2n) is 6.72. The highest BCUT2D eigenvalue weighted by Gasteiger charge is 2.24. The van der Waals surface area contributed by atoms with Crippen LogP contribution in [0.2, 0.25) is 10.0 Å². The Morgan fingerprint density at radius 3 is 2.60 bits per heavy atom. The molecule has 1 amide bonds. The van der Waals surface area contributed by atoms with Crippen LogP contribution in [0.3, 0.4) is 0 Å². The monoisotopic (exact) mass is 439 g/mol. The predicted molar refractivity (Wildman–Crippen MR) is 121 cm³/mol. The molecule has 0 radical (unpaired) electrons. The zero-order valence-corrected chi connectivity index (χ0v) is 17.8. The fourth-order valence-corrected chi connectivity index (χ4v) is 3.61. The maximum Gasteiger partial charge on any atom is 0.256 e. The molecule has 0 spiro atoms. The lowest BCUT2D eigenvalue weighted by Crippen LogP contribution is -2.03. The molecule has 1 aliphatic rings. The van der Waals surface area contributed by atoms with Gasteiger partial charge >= 0.3 is 0 Å². The first-order valence-corrected chi connectivity index (χ1v) is 10.3. The predicted octanol–water partition coefficient (Wildman–Crippen LogP) is 6.46. The summed E-state index contributed by atoms with van der Waals surface area (Å²) >= 11 is 12.2. The summed E-state index contributed by atoms with van der Waals surface area (Å²) < 4.78 is 11.7. The van der Waals surface area contributed by atoms with Crippen molar-refractivity contribution in [3.63, 3.8) is 0 Å². The van der Waals surface area contributed by atoms with Crippen molar-refractivity contribution in [3.05, 3.63) is 87.4 Å². The molecule has 0 bridgehead atoms. The summed E-state index contributed by atoms with van der Waals surface area (Å²) in [5.74, 6) is 1.06. The third-order valence-electron chi connectivity index (χ3n) is 4.68. The van der Waals surface area contributed by atoms with E-state index < -0.39 is 0 Å². The summed E-state index contributed by atoms with van der Waals surface area (Å²) in [7, 11) is 0. The molecule has 0 unspecified atom stereocenters. The van der Waals surface area contributed by atoms with E-state index in [1.807, 2.05) is 61.5 Å². The highest BCUT2D eigenvalue weighted by molar-refractivity contribution is 6.36. The van der Waals surface area contributed by atoms with Crippen LogP contribution in [0.4, 0.5) is 5.69 Å². The van der Waals surface area contributed by atoms with Crippen molar-refractivity contribution in [1.82, 2.24) is 0 Å². The van der Waals surface area contributed by atoms with Gasteiger partial charge in [-0.25, -0.2) is 0 Å². The SMILES string of the molecule is CCOc1cc(/C=C2/C(=O)Nc3cc(Cl)ccc32)ccc1OCc1ccccc1Cl. The number of fused-ring (bicyclic) bond motifs is 1. The number of hydrogen-bond donors (Lipinski definition) is 1. The molecule has 0 fully saturated rings. The van der Waals surface area contributed by atoms with Crippen LogP contribution in [0, 0.1) is 0 Å². The smallest absolute Gasteiger partial charge is 0.256 e. The summed E-state index contributed by atoms with van der Waals surface area (Å²) in [4.78, 5) is 12.4. The van der Waals surface area contributed by atoms with E-state index in [9.17, 15) is 4.79 Å². The lowest BCUT2D eigenvalue weighted by Gasteiger charge is -2.13. The average Bonchev–Trinajstić information content (AvgIpc) is 3.03. The van der Waals surface area contributed by atoms with Gasteiger partial charge in [0.15, 0.2) is 11.5 Å². The molecule has 3 aromatic rings. The Morgan fingerprint density at radius 1 is 0.967 bits per heavy atom. The van der Waals surface area contributed by atoms with Gasteiger partial charge in [-0.3, -0.25) is 4.79 Å². The highest BCUT2D eigenvalue weighted by atomic mass is 35.5. The summed E-state index contributed by atoms with van der Waals surface area (Å²) in [6.07, 6.45) is 1.83. The van der Waals surface area contributed by atoms with Gasteiger partial charge < -0.3 is 14.8 Å². The maximum atomic E-state index is 12.4. The molecule has 3 aromatic carbocycles. The average molecular weight is 440 g/mol. The van der Waals surface area contributed by atoms with E-state index in [2.05, 4.69) is 5.32 Å². The van der Waals surface area contributed by atoms with Crippen LogP contribution in [0.1, 0.15) is 23.6 Å². The molecule has 0 saturated carbocycles. The van der Waals surface area contributed by atoms with Crippen LogP contribution < -0.4 is 14.8 Å². The minimum Gasteiger partial charge on any atom is -0.490 e. The van der Waals surface area contributed by atoms with Gasteiger partial charge in [0.2, 0.25) is 0 Å². The first-order valence-electron chi connectivity index (χ1n) is 9.51. The summed E-state index contributed by atoms with van der Waals surface area (Å²) in [5.41, 5.74) is 3.83. The molecule has 4 nitrogen and oxygen atoms in total. The molecule has 1 heterocycles. The molecule has 152 valence electrons. The highest BCUT2D eigenvalue weighted by Crippen LogP contribution is 2.36. The van der Waals surface area contributed by atoms with E-state index in [0.29, 0.717) is 46.0 Å². The molecule has 1 N–H and O–H groups in total. The van der Waals surface area contributed by atoms with Gasteiger partial charge in [-0.15, -0.1) is 0 Å². The minimum absolute atomic E-state index is 0.163. The number of amides is 1. The van der Waals surface area contributed by atoms with Crippen LogP contribution >= 0.6 is 23.2 Å². The normalized spacial score (nSPS) is 13.8. The Morgan fingerprint density at radius 2 is 1.80 bits per heavy atom. The molecule has 30 heavy (non-hydrogen) atoms. The van der Waals surface area contributed by atoms with Crippen LogP contribution in [0.5, 0.6) is 11.5 Å². The number of halogens is 2. The number of nitrogens with one attached hydrogen (secondary N) is 1. The van der Waals surface area contributed by atoms with E-state index >= 15 is 0 Å². The lowest BCUT2D eigenvalue weighted by molar-refractivity contribution is -0.110. The standard InChI is InChI=1S/C24H19Cl2NO3/c1-2-29-23-12-15(7-10-22(23)30-14-16-5-3-4-6-20(16)26)11-19-18-9-8-17(25)13-21(18)27-24(19)28/h3-13H,2,14H2,1H3,(H,27,28)/b19-11+. The van der Waals surface area contributed by atoms with Gasteiger partial charge in [0.1, 0.15) is 6.61 Å². The fourth-order valence-electron chi connectivity index (χ4n) is 3.25. The molecule has 0 aromatic heterocycles. The van der Waals surface area contributed by atoms with Gasteiger partial charge in [-0.05, 0) is 48.9 Å². The third kappa shape index (κ3) is 4.30. The molecule has 0 atom stereocenters. The Hall–Kier alpha value is -2.95. The van der Waals surface area contributed by atoms with Gasteiger partial charge in [0, 0.05) is 26.7 Å². The van der Waals surface area contributed by atoms with E-state index in [-0.39, 0.29) is 5.91 Å². The van der Waals surface area contributed by atoms with Crippen LogP contribution in [0.25, 0.3) is 11.6 Å². The van der Waals surface area contributed by atoms with Crippen molar-refractivity contribution < 1.29 is 14.3 Å². The van der Waals surface area contributed by atoms with Crippen molar-refractivity contribution in [2.24, 2.45) is 0 Å². The zero-order chi connectivity index (χ0) is 21.1. The fraction of sp³-hybridized carbons (Fsp3) is 0.125. The Labute approximate surface area is 185 Å². The van der Waals surface area contributed by atoms with E-state index in [4.69, 9.17) is 32.7 Å². The third-order valence-corrected chi connectivity index (χ3v) is 5.29. The first-order chi connectivity index (χ1) is 14.5. The van der Waals surface area contributed by atoms with Crippen molar-refractivity contribution >= 4 is 46.4 Å². The largest absolute Gasteiger partial charge is 0.490 e. The number of ether oxygens (including phenoxy) is 2. The van der Waals surface area contributed by atoms with Gasteiger partial charge in [-0.1, -0.05) is 53.5 Å². The summed E-state index contributed by atoms with van der Waals surface area (Å²) in [6, 6.07) is 18.5. The van der Waals surface area contributed by atoms with Gasteiger partial charge in [0.05, 0.1) is 12.3 Å².